The summed E-state index contributed by atoms with van der Waals surface area (Å²) in [6, 6.07) is 0.0205. The van der Waals surface area contributed by atoms with Crippen LogP contribution in [0.3, 0.4) is 0 Å². The Balaban J connectivity index is 1.84. The smallest absolute Gasteiger partial charge is 0.320 e. The Hall–Kier alpha value is -1.30. The molecule has 1 N–H and O–H groups in total. The summed E-state index contributed by atoms with van der Waals surface area (Å²) in [6.45, 7) is 7.68. The Morgan fingerprint density at radius 1 is 1.10 bits per heavy atom. The highest BCUT2D eigenvalue weighted by Crippen LogP contribution is 2.18. The van der Waals surface area contributed by atoms with Crippen molar-refractivity contribution >= 4 is 12.0 Å². The maximum absolute atomic E-state index is 12.4. The fraction of sp³-hybridized carbons (Fsp3) is 0.857. The standard InChI is InChI=1S/C14H25N3O3/c1-2-5-15-7-9-16(10-8-15)14(20)17-6-3-4-12(11-17)13(18)19/h12H,2-11H2,1H3,(H,18,19)/t12-/m1/s1. The predicted molar refractivity (Wildman–Crippen MR) is 75.6 cm³/mol. The van der Waals surface area contributed by atoms with Crippen molar-refractivity contribution in [3.8, 4) is 0 Å². The van der Waals surface area contributed by atoms with Crippen molar-refractivity contribution in [2.45, 2.75) is 26.2 Å². The first-order chi connectivity index (χ1) is 9.61. The Kier molecular flexibility index (Phi) is 5.23. The van der Waals surface area contributed by atoms with E-state index in [2.05, 4.69) is 11.8 Å². The van der Waals surface area contributed by atoms with Crippen LogP contribution in [0.5, 0.6) is 0 Å². The van der Waals surface area contributed by atoms with E-state index in [4.69, 9.17) is 5.11 Å². The minimum absolute atomic E-state index is 0.0205. The van der Waals surface area contributed by atoms with Crippen LogP contribution >= 0.6 is 0 Å². The molecule has 6 nitrogen and oxygen atoms in total. The van der Waals surface area contributed by atoms with E-state index in [1.165, 1.54) is 0 Å². The lowest BCUT2D eigenvalue weighted by atomic mass is 9.98. The molecular formula is C14H25N3O3. The lowest BCUT2D eigenvalue weighted by Gasteiger charge is -2.39. The van der Waals surface area contributed by atoms with E-state index < -0.39 is 11.9 Å². The molecule has 2 aliphatic heterocycles. The van der Waals surface area contributed by atoms with Gasteiger partial charge in [-0.15, -0.1) is 0 Å². The van der Waals surface area contributed by atoms with E-state index >= 15 is 0 Å². The highest BCUT2D eigenvalue weighted by Gasteiger charge is 2.31. The van der Waals surface area contributed by atoms with Gasteiger partial charge < -0.3 is 14.9 Å². The summed E-state index contributed by atoms with van der Waals surface area (Å²) in [6.07, 6.45) is 2.61. The number of nitrogens with zero attached hydrogens (tertiary/aromatic N) is 3. The number of rotatable bonds is 3. The Labute approximate surface area is 120 Å². The molecule has 0 bridgehead atoms. The molecule has 2 aliphatic rings. The van der Waals surface area contributed by atoms with Crippen LogP contribution in [0.15, 0.2) is 0 Å². The van der Waals surface area contributed by atoms with E-state index in [0.29, 0.717) is 19.5 Å². The van der Waals surface area contributed by atoms with Gasteiger partial charge in [0.2, 0.25) is 0 Å². The summed E-state index contributed by atoms with van der Waals surface area (Å²) in [4.78, 5) is 29.4. The van der Waals surface area contributed by atoms with Crippen molar-refractivity contribution in [3.63, 3.8) is 0 Å². The third-order valence-electron chi connectivity index (χ3n) is 4.22. The van der Waals surface area contributed by atoms with Gasteiger partial charge in [-0.05, 0) is 25.8 Å². The molecule has 2 fully saturated rings. The molecule has 0 aliphatic carbocycles. The van der Waals surface area contributed by atoms with E-state index in [-0.39, 0.29) is 6.03 Å². The summed E-state index contributed by atoms with van der Waals surface area (Å²) in [5.74, 6) is -1.18. The molecule has 0 radical (unpaired) electrons. The topological polar surface area (TPSA) is 64.1 Å². The van der Waals surface area contributed by atoms with Gasteiger partial charge in [-0.3, -0.25) is 9.69 Å². The van der Waals surface area contributed by atoms with Crippen molar-refractivity contribution in [2.75, 3.05) is 45.8 Å². The Morgan fingerprint density at radius 3 is 2.40 bits per heavy atom. The van der Waals surface area contributed by atoms with E-state index in [0.717, 1.165) is 45.6 Å². The molecule has 1 atom stereocenters. The number of piperazine rings is 1. The molecule has 6 heteroatoms. The molecule has 0 aromatic rings. The molecule has 0 saturated carbocycles. The van der Waals surface area contributed by atoms with Crippen LogP contribution in [0.1, 0.15) is 26.2 Å². The SMILES string of the molecule is CCCN1CCN(C(=O)N2CCC[C@@H](C(=O)O)C2)CC1. The zero-order valence-corrected chi connectivity index (χ0v) is 12.3. The van der Waals surface area contributed by atoms with Crippen molar-refractivity contribution in [1.29, 1.82) is 0 Å². The summed E-state index contributed by atoms with van der Waals surface area (Å²) >= 11 is 0. The zero-order valence-electron chi connectivity index (χ0n) is 12.3. The first kappa shape index (κ1) is 15.1. The first-order valence-corrected chi connectivity index (χ1v) is 7.60. The molecule has 2 saturated heterocycles. The van der Waals surface area contributed by atoms with Crippen LogP contribution in [0, 0.1) is 5.92 Å². The lowest BCUT2D eigenvalue weighted by molar-refractivity contribution is -0.143. The second-order valence-corrected chi connectivity index (χ2v) is 5.73. The molecule has 2 heterocycles. The van der Waals surface area contributed by atoms with Gasteiger partial charge in [-0.1, -0.05) is 6.92 Å². The Bertz CT molecular complexity index is 354. The van der Waals surface area contributed by atoms with E-state index in [1.807, 2.05) is 4.90 Å². The number of likely N-dealkylation sites (tertiary alicyclic amines) is 1. The Morgan fingerprint density at radius 2 is 1.80 bits per heavy atom. The number of carbonyl (C=O) groups is 2. The predicted octanol–water partition coefficient (Wildman–Crippen LogP) is 0.931. The van der Waals surface area contributed by atoms with Gasteiger partial charge in [0.05, 0.1) is 5.92 Å². The molecule has 0 unspecified atom stereocenters. The van der Waals surface area contributed by atoms with Gasteiger partial charge in [-0.25, -0.2) is 4.79 Å². The number of amides is 2. The number of aliphatic carboxylic acids is 1. The summed E-state index contributed by atoms with van der Waals surface area (Å²) in [5, 5.41) is 9.08. The molecule has 0 aromatic carbocycles. The van der Waals surface area contributed by atoms with Gasteiger partial charge in [0, 0.05) is 39.3 Å². The number of piperidine rings is 1. The summed E-state index contributed by atoms with van der Waals surface area (Å²) in [5.41, 5.74) is 0. The third-order valence-corrected chi connectivity index (χ3v) is 4.22. The first-order valence-electron chi connectivity index (χ1n) is 7.60. The van der Waals surface area contributed by atoms with Crippen LogP contribution in [-0.4, -0.2) is 77.6 Å². The fourth-order valence-electron chi connectivity index (χ4n) is 3.03. The van der Waals surface area contributed by atoms with Gasteiger partial charge in [-0.2, -0.15) is 0 Å². The maximum Gasteiger partial charge on any atom is 0.320 e. The number of hydrogen-bond donors (Lipinski definition) is 1. The minimum Gasteiger partial charge on any atom is -0.481 e. The molecule has 114 valence electrons. The minimum atomic E-state index is -0.782. The van der Waals surface area contributed by atoms with Crippen molar-refractivity contribution < 1.29 is 14.7 Å². The monoisotopic (exact) mass is 283 g/mol. The summed E-state index contributed by atoms with van der Waals surface area (Å²) in [7, 11) is 0. The van der Waals surface area contributed by atoms with E-state index in [9.17, 15) is 9.59 Å². The lowest BCUT2D eigenvalue weighted by Crippen LogP contribution is -2.54. The van der Waals surface area contributed by atoms with Crippen molar-refractivity contribution in [2.24, 2.45) is 5.92 Å². The number of carboxylic acids is 1. The van der Waals surface area contributed by atoms with Gasteiger partial charge >= 0.3 is 12.0 Å². The van der Waals surface area contributed by atoms with Crippen molar-refractivity contribution in [1.82, 2.24) is 14.7 Å². The number of carbonyl (C=O) groups excluding carboxylic acids is 1. The maximum atomic E-state index is 12.4. The van der Waals surface area contributed by atoms with Crippen LogP contribution < -0.4 is 0 Å². The number of hydrogen-bond acceptors (Lipinski definition) is 3. The highest BCUT2D eigenvalue weighted by molar-refractivity contribution is 5.76. The summed E-state index contributed by atoms with van der Waals surface area (Å²) < 4.78 is 0. The molecule has 2 rings (SSSR count). The number of urea groups is 1. The van der Waals surface area contributed by atoms with Crippen LogP contribution in [-0.2, 0) is 4.79 Å². The van der Waals surface area contributed by atoms with Crippen LogP contribution in [0.4, 0.5) is 4.79 Å². The molecule has 20 heavy (non-hydrogen) atoms. The quantitative estimate of drug-likeness (QED) is 0.837. The molecule has 0 spiro atoms. The van der Waals surface area contributed by atoms with Gasteiger partial charge in [0.25, 0.3) is 0 Å². The van der Waals surface area contributed by atoms with Crippen LogP contribution in [0.2, 0.25) is 0 Å². The average molecular weight is 283 g/mol. The molecular weight excluding hydrogens is 258 g/mol. The second kappa shape index (κ2) is 6.92. The molecule has 0 aromatic heterocycles. The largest absolute Gasteiger partial charge is 0.481 e. The van der Waals surface area contributed by atoms with Crippen LogP contribution in [0.25, 0.3) is 0 Å². The fourth-order valence-corrected chi connectivity index (χ4v) is 3.03. The average Bonchev–Trinajstić information content (AvgIpc) is 2.48. The van der Waals surface area contributed by atoms with E-state index in [1.54, 1.807) is 4.90 Å². The highest BCUT2D eigenvalue weighted by atomic mass is 16.4. The van der Waals surface area contributed by atoms with Gasteiger partial charge in [0.1, 0.15) is 0 Å². The number of carboxylic acid groups (broad SMARTS) is 1. The zero-order chi connectivity index (χ0) is 14.5. The van der Waals surface area contributed by atoms with Crippen molar-refractivity contribution in [3.05, 3.63) is 0 Å². The van der Waals surface area contributed by atoms with Gasteiger partial charge in [0.15, 0.2) is 0 Å². The molecule has 2 amide bonds. The second-order valence-electron chi connectivity index (χ2n) is 5.73. The third kappa shape index (κ3) is 3.62. The normalized spacial score (nSPS) is 24.8.